The number of hydrogen-bond donors (Lipinski definition) is 5. The summed E-state index contributed by atoms with van der Waals surface area (Å²) >= 11 is 0. The molecule has 4 aliphatic rings. The molecule has 14 heteroatoms. The number of carbonyl (C=O) groups is 5. The lowest BCUT2D eigenvalue weighted by atomic mass is 9.44. The van der Waals surface area contributed by atoms with Crippen molar-refractivity contribution in [1.82, 2.24) is 4.98 Å². The van der Waals surface area contributed by atoms with E-state index in [-0.39, 0.29) is 31.3 Å². The van der Waals surface area contributed by atoms with Crippen molar-refractivity contribution in [2.75, 3.05) is 18.5 Å². The van der Waals surface area contributed by atoms with Crippen molar-refractivity contribution >= 4 is 45.9 Å². The normalized spacial score (nSPS) is 31.9. The van der Waals surface area contributed by atoms with E-state index in [4.69, 9.17) is 20.9 Å². The number of nitrogens with two attached hydrogens (primary N) is 2. The Kier molecular flexibility index (Phi) is 11.2. The molecule has 0 aliphatic heterocycles. The zero-order chi connectivity index (χ0) is 42.5. The topological polar surface area (TPSA) is 221 Å². The van der Waals surface area contributed by atoms with Crippen LogP contribution >= 0.6 is 0 Å². The van der Waals surface area contributed by atoms with Gasteiger partial charge in [-0.1, -0.05) is 55.8 Å². The number of allylic oxidation sites excluding steroid dienone is 4. The molecule has 1 aromatic heterocycles. The Morgan fingerprint density at radius 1 is 1.05 bits per heavy atom. The van der Waals surface area contributed by atoms with Gasteiger partial charge in [0.2, 0.25) is 11.7 Å². The molecule has 4 aliphatic carbocycles. The highest BCUT2D eigenvalue weighted by Crippen LogP contribution is 2.70. The minimum Gasteiger partial charge on any atom is -0.460 e. The summed E-state index contributed by atoms with van der Waals surface area (Å²) in [5.41, 5.74) is 7.81. The summed E-state index contributed by atoms with van der Waals surface area (Å²) in [7, 11) is 0. The maximum atomic E-state index is 17.5. The Morgan fingerprint density at radius 3 is 2.53 bits per heavy atom. The van der Waals surface area contributed by atoms with Crippen LogP contribution in [-0.2, 0) is 40.1 Å². The second-order valence-corrected chi connectivity index (χ2v) is 17.1. The third-order valence-corrected chi connectivity index (χ3v) is 13.9. The Hall–Kier alpha value is -5.15. The number of rotatable bonds is 12. The largest absolute Gasteiger partial charge is 0.460 e. The number of Topliss-reactive ketones (excluding diaryl/α,β-unsaturated/α-hetero) is 1. The fourth-order valence-corrected chi connectivity index (χ4v) is 10.6. The number of ether oxygens (including phenoxy) is 2. The van der Waals surface area contributed by atoms with Gasteiger partial charge in [-0.15, -0.1) is 0 Å². The number of amides is 1. The highest BCUT2D eigenvalue weighted by Gasteiger charge is 2.75. The third-order valence-electron chi connectivity index (χ3n) is 13.9. The molecule has 3 aromatic rings. The number of benzene rings is 2. The standard InChI is InChI=1S/C45H51FN4O9/c1-25-16-35-34-11-9-30-18-32(51)12-14-42(30,2)44(34,46)37(52)20-43(35,3)45(25,57)38(53)24-58-39(54)19-36(48)41(56)59-23-26-4-6-27(7-5-26)33(21-47)40(55)50-31-10-8-29-22-49-15-13-28(29)17-31/h4-8,10,12-15,17-18,22,25,33-37,52,57H,9,11,16,19-21,23-24,47-48H2,1-3H3,(H,50,55)/t25-,33-,34+,35+,36+,37+,42+,43+,44+,45+/m1/s1. The van der Waals surface area contributed by atoms with Gasteiger partial charge in [0.15, 0.2) is 18.1 Å². The number of ketones is 2. The molecular formula is C45H51FN4O9. The van der Waals surface area contributed by atoms with E-state index in [0.29, 0.717) is 41.6 Å². The van der Waals surface area contributed by atoms with Gasteiger partial charge >= 0.3 is 11.9 Å². The first-order chi connectivity index (χ1) is 28.0. The van der Waals surface area contributed by atoms with Crippen LogP contribution in [0.4, 0.5) is 10.1 Å². The molecular weight excluding hydrogens is 760 g/mol. The Morgan fingerprint density at radius 2 is 1.80 bits per heavy atom. The first-order valence-electron chi connectivity index (χ1n) is 20.0. The zero-order valence-electron chi connectivity index (χ0n) is 33.4. The van der Waals surface area contributed by atoms with Gasteiger partial charge in [0.1, 0.15) is 18.2 Å². The lowest BCUT2D eigenvalue weighted by Gasteiger charge is -2.62. The molecule has 0 unspecified atom stereocenters. The number of esters is 2. The van der Waals surface area contributed by atoms with Gasteiger partial charge in [-0.05, 0) is 91.3 Å². The number of aromatic nitrogens is 1. The summed E-state index contributed by atoms with van der Waals surface area (Å²) in [5.74, 6) is -5.63. The van der Waals surface area contributed by atoms with Crippen molar-refractivity contribution in [3.05, 3.63) is 95.9 Å². The van der Waals surface area contributed by atoms with E-state index >= 15 is 4.39 Å². The number of nitrogens with zero attached hydrogens (tertiary/aromatic N) is 1. The zero-order valence-corrected chi connectivity index (χ0v) is 33.4. The number of alkyl halides is 1. The fraction of sp³-hybridized carbons (Fsp3) is 0.467. The Balaban J connectivity index is 0.908. The van der Waals surface area contributed by atoms with Crippen molar-refractivity contribution in [2.45, 2.75) is 88.8 Å². The number of hydrogen-bond acceptors (Lipinski definition) is 12. The Labute approximate surface area is 341 Å². The van der Waals surface area contributed by atoms with Crippen LogP contribution in [0.1, 0.15) is 69.9 Å². The number of pyridine rings is 1. The van der Waals surface area contributed by atoms with Gasteiger partial charge in [-0.25, -0.2) is 4.39 Å². The number of fused-ring (bicyclic) bond motifs is 6. The Bertz CT molecular complexity index is 2250. The summed E-state index contributed by atoms with van der Waals surface area (Å²) in [6.45, 7) is 4.15. The van der Waals surface area contributed by atoms with Gasteiger partial charge in [-0.2, -0.15) is 0 Å². The molecule has 312 valence electrons. The smallest absolute Gasteiger partial charge is 0.323 e. The van der Waals surface area contributed by atoms with E-state index in [9.17, 15) is 34.2 Å². The SMILES string of the molecule is C[C@@H]1C[C@H]2[C@@H]3CCC4=CC(=O)C=C[C@]4(C)[C@@]3(F)[C@@H](O)C[C@]2(C)[C@@]1(O)C(=O)COC(=O)C[C@H](N)C(=O)OCc1ccc([C@@H](CN)C(=O)Nc2ccc3cnccc3c2)cc1. The summed E-state index contributed by atoms with van der Waals surface area (Å²) < 4.78 is 28.0. The van der Waals surface area contributed by atoms with Crippen LogP contribution in [0, 0.1) is 28.6 Å². The van der Waals surface area contributed by atoms with Gasteiger partial charge in [-0.3, -0.25) is 29.0 Å². The highest BCUT2D eigenvalue weighted by atomic mass is 19.1. The molecule has 59 heavy (non-hydrogen) atoms. The number of carbonyl (C=O) groups excluding carboxylic acids is 5. The van der Waals surface area contributed by atoms with Crippen LogP contribution in [0.5, 0.6) is 0 Å². The maximum absolute atomic E-state index is 17.5. The monoisotopic (exact) mass is 810 g/mol. The second-order valence-electron chi connectivity index (χ2n) is 17.1. The van der Waals surface area contributed by atoms with Crippen LogP contribution in [0.3, 0.4) is 0 Å². The van der Waals surface area contributed by atoms with Crippen molar-refractivity contribution < 1.29 is 48.0 Å². The number of anilines is 1. The maximum Gasteiger partial charge on any atom is 0.323 e. The number of aliphatic hydroxyl groups excluding tert-OH is 1. The molecule has 1 amide bonds. The van der Waals surface area contributed by atoms with Crippen molar-refractivity contribution in [3.63, 3.8) is 0 Å². The quantitative estimate of drug-likeness (QED) is 0.163. The predicted molar refractivity (Wildman–Crippen MR) is 215 cm³/mol. The molecule has 0 saturated heterocycles. The molecule has 0 spiro atoms. The molecule has 2 aromatic carbocycles. The number of aliphatic hydroxyl groups is 2. The number of nitrogens with one attached hydrogen (secondary N) is 1. The lowest BCUT2D eigenvalue weighted by Crippen LogP contribution is -2.69. The fourth-order valence-electron chi connectivity index (χ4n) is 10.6. The van der Waals surface area contributed by atoms with Crippen molar-refractivity contribution in [2.24, 2.45) is 40.1 Å². The van der Waals surface area contributed by atoms with E-state index in [0.717, 1.165) is 10.8 Å². The first kappa shape index (κ1) is 42.0. The van der Waals surface area contributed by atoms with Crippen LogP contribution in [0.2, 0.25) is 0 Å². The molecule has 0 radical (unpaired) electrons. The van der Waals surface area contributed by atoms with E-state index in [1.165, 1.54) is 12.2 Å². The molecule has 7 rings (SSSR count). The second kappa shape index (κ2) is 15.8. The minimum absolute atomic E-state index is 0.0524. The van der Waals surface area contributed by atoms with E-state index < -0.39 is 88.7 Å². The van der Waals surface area contributed by atoms with Crippen LogP contribution in [0.25, 0.3) is 10.8 Å². The molecule has 1 heterocycles. The van der Waals surface area contributed by atoms with E-state index in [1.54, 1.807) is 69.6 Å². The summed E-state index contributed by atoms with van der Waals surface area (Å²) in [6.07, 6.45) is 6.45. The van der Waals surface area contributed by atoms with Crippen molar-refractivity contribution in [1.29, 1.82) is 0 Å². The average molecular weight is 811 g/mol. The predicted octanol–water partition coefficient (Wildman–Crippen LogP) is 4.14. The number of halogens is 1. The van der Waals surface area contributed by atoms with Crippen LogP contribution < -0.4 is 16.8 Å². The van der Waals surface area contributed by atoms with Gasteiger partial charge in [0.25, 0.3) is 0 Å². The van der Waals surface area contributed by atoms with Gasteiger partial charge < -0.3 is 36.5 Å². The van der Waals surface area contributed by atoms with Crippen molar-refractivity contribution in [3.8, 4) is 0 Å². The molecule has 7 N–H and O–H groups in total. The van der Waals surface area contributed by atoms with Gasteiger partial charge in [0.05, 0.1) is 18.4 Å². The summed E-state index contributed by atoms with van der Waals surface area (Å²) in [4.78, 5) is 68.8. The lowest BCUT2D eigenvalue weighted by molar-refractivity contribution is -0.220. The molecule has 10 atom stereocenters. The first-order valence-corrected chi connectivity index (χ1v) is 20.0. The van der Waals surface area contributed by atoms with Crippen LogP contribution in [0.15, 0.2) is 84.7 Å². The minimum atomic E-state index is -2.13. The molecule has 3 saturated carbocycles. The molecule has 13 nitrogen and oxygen atoms in total. The molecule has 3 fully saturated rings. The van der Waals surface area contributed by atoms with E-state index in [2.05, 4.69) is 10.3 Å². The average Bonchev–Trinajstić information content (AvgIpc) is 3.41. The molecule has 0 bridgehead atoms. The van der Waals surface area contributed by atoms with Gasteiger partial charge in [0, 0.05) is 46.8 Å². The summed E-state index contributed by atoms with van der Waals surface area (Å²) in [6, 6.07) is 12.7. The third kappa shape index (κ3) is 7.09. The van der Waals surface area contributed by atoms with E-state index in [1.807, 2.05) is 18.2 Å². The summed E-state index contributed by atoms with van der Waals surface area (Å²) in [5, 5.41) is 28.5. The van der Waals surface area contributed by atoms with Crippen LogP contribution in [-0.4, -0.2) is 81.2 Å². The highest BCUT2D eigenvalue weighted by molar-refractivity contribution is 6.01.